The zero-order valence-corrected chi connectivity index (χ0v) is 9.64. The summed E-state index contributed by atoms with van der Waals surface area (Å²) in [6, 6.07) is 7.97. The van der Waals surface area contributed by atoms with Gasteiger partial charge in [-0.05, 0) is 18.2 Å². The Morgan fingerprint density at radius 1 is 1.33 bits per heavy atom. The van der Waals surface area contributed by atoms with Gasteiger partial charge < -0.3 is 9.15 Å². The third-order valence-corrected chi connectivity index (χ3v) is 2.18. The summed E-state index contributed by atoms with van der Waals surface area (Å²) in [6.45, 7) is -0.184. The van der Waals surface area contributed by atoms with Crippen molar-refractivity contribution in [3.8, 4) is 5.75 Å². The smallest absolute Gasteiger partial charge is 0.336 e. The Balaban J connectivity index is 2.14. The molecule has 0 spiro atoms. The third kappa shape index (κ3) is 2.86. The van der Waals surface area contributed by atoms with E-state index in [0.717, 1.165) is 5.39 Å². The van der Waals surface area contributed by atoms with Gasteiger partial charge in [-0.3, -0.25) is 9.63 Å². The Morgan fingerprint density at radius 3 is 2.89 bits per heavy atom. The summed E-state index contributed by atoms with van der Waals surface area (Å²) >= 11 is 0. The van der Waals surface area contributed by atoms with Gasteiger partial charge in [-0.25, -0.2) is 10.3 Å². The predicted octanol–water partition coefficient (Wildman–Crippen LogP) is 0.849. The molecule has 0 saturated heterocycles. The lowest BCUT2D eigenvalue weighted by Crippen LogP contribution is -2.27. The number of rotatable bonds is 4. The number of hydrogen-bond acceptors (Lipinski definition) is 5. The maximum atomic E-state index is 11.1. The van der Waals surface area contributed by atoms with Crippen LogP contribution in [-0.4, -0.2) is 19.6 Å². The quantitative estimate of drug-likeness (QED) is 0.642. The zero-order chi connectivity index (χ0) is 13.0. The van der Waals surface area contributed by atoms with Crippen LogP contribution in [0.5, 0.6) is 5.75 Å². The topological polar surface area (TPSA) is 77.8 Å². The Morgan fingerprint density at radius 2 is 2.11 bits per heavy atom. The first kappa shape index (κ1) is 12.1. The van der Waals surface area contributed by atoms with Crippen LogP contribution in [0.1, 0.15) is 0 Å². The van der Waals surface area contributed by atoms with E-state index in [0.29, 0.717) is 11.3 Å². The van der Waals surface area contributed by atoms with Gasteiger partial charge in [0.05, 0.1) is 7.11 Å². The van der Waals surface area contributed by atoms with E-state index >= 15 is 0 Å². The van der Waals surface area contributed by atoms with E-state index in [1.165, 1.54) is 13.2 Å². The van der Waals surface area contributed by atoms with Gasteiger partial charge in [0.25, 0.3) is 5.91 Å². The number of nitrogens with one attached hydrogen (secondary N) is 1. The molecule has 0 saturated carbocycles. The van der Waals surface area contributed by atoms with Gasteiger partial charge in [-0.15, -0.1) is 0 Å². The number of amides is 1. The van der Waals surface area contributed by atoms with Crippen LogP contribution in [0.4, 0.5) is 0 Å². The lowest BCUT2D eigenvalue weighted by atomic mass is 10.2. The number of fused-ring (bicyclic) bond motifs is 1. The van der Waals surface area contributed by atoms with Crippen LogP contribution in [0.15, 0.2) is 39.5 Å². The van der Waals surface area contributed by atoms with Gasteiger partial charge in [-0.2, -0.15) is 0 Å². The molecule has 0 aliphatic rings. The Kier molecular flexibility index (Phi) is 3.59. The Bertz CT molecular complexity index is 619. The highest BCUT2D eigenvalue weighted by molar-refractivity contribution is 5.78. The average molecular weight is 249 g/mol. The predicted molar refractivity (Wildman–Crippen MR) is 63.1 cm³/mol. The maximum absolute atomic E-state index is 11.1. The maximum Gasteiger partial charge on any atom is 0.336 e. The fourth-order valence-corrected chi connectivity index (χ4v) is 1.42. The molecule has 0 fully saturated rings. The molecule has 0 aliphatic heterocycles. The minimum absolute atomic E-state index is 0.184. The fraction of sp³-hybridized carbons (Fsp3) is 0.167. The van der Waals surface area contributed by atoms with Crippen molar-refractivity contribution in [1.82, 2.24) is 5.48 Å². The molecule has 6 heteroatoms. The molecule has 0 radical (unpaired) electrons. The molecule has 1 N–H and O–H groups in total. The average Bonchev–Trinajstić information content (AvgIpc) is 2.36. The lowest BCUT2D eigenvalue weighted by molar-refractivity contribution is -0.133. The Hall–Kier alpha value is -2.34. The van der Waals surface area contributed by atoms with Crippen LogP contribution in [0.25, 0.3) is 11.0 Å². The lowest BCUT2D eigenvalue weighted by Gasteiger charge is -2.06. The summed E-state index contributed by atoms with van der Waals surface area (Å²) in [5.41, 5.74) is 2.10. The van der Waals surface area contributed by atoms with E-state index < -0.39 is 11.5 Å². The van der Waals surface area contributed by atoms with Crippen molar-refractivity contribution in [3.05, 3.63) is 40.8 Å². The summed E-state index contributed by atoms with van der Waals surface area (Å²) < 4.78 is 10.2. The highest BCUT2D eigenvalue weighted by Gasteiger charge is 2.04. The first-order chi connectivity index (χ1) is 8.69. The molecule has 18 heavy (non-hydrogen) atoms. The molecule has 0 bridgehead atoms. The van der Waals surface area contributed by atoms with Crippen molar-refractivity contribution in [1.29, 1.82) is 0 Å². The summed E-state index contributed by atoms with van der Waals surface area (Å²) in [4.78, 5) is 26.6. The van der Waals surface area contributed by atoms with Crippen LogP contribution in [0.2, 0.25) is 0 Å². The normalized spacial score (nSPS) is 10.3. The summed E-state index contributed by atoms with van der Waals surface area (Å²) in [6.07, 6.45) is 0. The number of benzene rings is 1. The standard InChI is InChI=1S/C12H11NO5/c1-16-13-11(14)7-17-9-4-2-8-3-5-12(15)18-10(8)6-9/h2-6H,7H2,1H3,(H,13,14). The second-order valence-electron chi connectivity index (χ2n) is 3.47. The second kappa shape index (κ2) is 5.33. The number of ether oxygens (including phenoxy) is 1. The van der Waals surface area contributed by atoms with Gasteiger partial charge in [-0.1, -0.05) is 0 Å². The van der Waals surface area contributed by atoms with E-state index in [1.807, 2.05) is 0 Å². The van der Waals surface area contributed by atoms with Gasteiger partial charge in [0.15, 0.2) is 6.61 Å². The number of hydroxylamine groups is 1. The third-order valence-electron chi connectivity index (χ3n) is 2.18. The zero-order valence-electron chi connectivity index (χ0n) is 9.64. The SMILES string of the molecule is CONC(=O)COc1ccc2ccc(=O)oc2c1. The van der Waals surface area contributed by atoms with Gasteiger partial charge in [0, 0.05) is 17.5 Å². The molecule has 1 aromatic carbocycles. The number of hydrogen-bond donors (Lipinski definition) is 1. The van der Waals surface area contributed by atoms with Crippen molar-refractivity contribution in [3.63, 3.8) is 0 Å². The second-order valence-corrected chi connectivity index (χ2v) is 3.47. The summed E-state index contributed by atoms with van der Waals surface area (Å²) in [7, 11) is 1.34. The molecule has 1 amide bonds. The molecule has 6 nitrogen and oxygen atoms in total. The van der Waals surface area contributed by atoms with E-state index in [1.54, 1.807) is 24.3 Å². The molecular weight excluding hydrogens is 238 g/mol. The van der Waals surface area contributed by atoms with Gasteiger partial charge >= 0.3 is 5.63 Å². The molecule has 1 heterocycles. The first-order valence-electron chi connectivity index (χ1n) is 5.17. The molecular formula is C12H11NO5. The first-order valence-corrected chi connectivity index (χ1v) is 5.17. The number of carbonyl (C=O) groups excluding carboxylic acids is 1. The molecule has 0 unspecified atom stereocenters. The minimum Gasteiger partial charge on any atom is -0.484 e. The fourth-order valence-electron chi connectivity index (χ4n) is 1.42. The van der Waals surface area contributed by atoms with Crippen molar-refractivity contribution < 1.29 is 18.8 Å². The van der Waals surface area contributed by atoms with Gasteiger partial charge in [0.1, 0.15) is 11.3 Å². The van der Waals surface area contributed by atoms with Crippen molar-refractivity contribution in [2.24, 2.45) is 0 Å². The monoisotopic (exact) mass is 249 g/mol. The summed E-state index contributed by atoms with van der Waals surface area (Å²) in [5.74, 6) is 0.0233. The molecule has 0 aliphatic carbocycles. The molecule has 1 aromatic heterocycles. The van der Waals surface area contributed by atoms with Crippen LogP contribution < -0.4 is 15.8 Å². The molecule has 2 rings (SSSR count). The molecule has 94 valence electrons. The van der Waals surface area contributed by atoms with Crippen LogP contribution >= 0.6 is 0 Å². The minimum atomic E-state index is -0.434. The largest absolute Gasteiger partial charge is 0.484 e. The van der Waals surface area contributed by atoms with Crippen molar-refractivity contribution in [2.75, 3.05) is 13.7 Å². The van der Waals surface area contributed by atoms with E-state index in [2.05, 4.69) is 10.3 Å². The van der Waals surface area contributed by atoms with E-state index in [4.69, 9.17) is 9.15 Å². The van der Waals surface area contributed by atoms with E-state index in [-0.39, 0.29) is 6.61 Å². The van der Waals surface area contributed by atoms with Crippen molar-refractivity contribution in [2.45, 2.75) is 0 Å². The highest BCUT2D eigenvalue weighted by atomic mass is 16.6. The van der Waals surface area contributed by atoms with Crippen LogP contribution in [-0.2, 0) is 9.63 Å². The Labute approximate surface area is 102 Å². The van der Waals surface area contributed by atoms with E-state index in [9.17, 15) is 9.59 Å². The highest BCUT2D eigenvalue weighted by Crippen LogP contribution is 2.19. The summed E-state index contributed by atoms with van der Waals surface area (Å²) in [5, 5.41) is 0.781. The van der Waals surface area contributed by atoms with Crippen LogP contribution in [0.3, 0.4) is 0 Å². The molecule has 0 atom stereocenters. The number of carbonyl (C=O) groups is 1. The van der Waals surface area contributed by atoms with Crippen LogP contribution in [0, 0.1) is 0 Å². The van der Waals surface area contributed by atoms with Crippen molar-refractivity contribution >= 4 is 16.9 Å². The van der Waals surface area contributed by atoms with Gasteiger partial charge in [0.2, 0.25) is 0 Å². The molecule has 2 aromatic rings.